The molecule has 0 amide bonds. The highest BCUT2D eigenvalue weighted by Crippen LogP contribution is 2.50. The smallest absolute Gasteiger partial charge is 0.339 e. The van der Waals surface area contributed by atoms with Crippen molar-refractivity contribution in [2.75, 3.05) is 27.9 Å². The number of fused-ring (bicyclic) bond motifs is 3. The van der Waals surface area contributed by atoms with Crippen molar-refractivity contribution >= 4 is 11.9 Å². The molecule has 0 spiro atoms. The number of hydrogen-bond acceptors (Lipinski definition) is 12. The molecule has 12 heteroatoms. The summed E-state index contributed by atoms with van der Waals surface area (Å²) in [4.78, 5) is 25.1. The van der Waals surface area contributed by atoms with Crippen LogP contribution in [0.4, 0.5) is 0 Å². The first-order chi connectivity index (χ1) is 16.7. The summed E-state index contributed by atoms with van der Waals surface area (Å²) in [6.45, 7) is -0.485. The lowest BCUT2D eigenvalue weighted by Gasteiger charge is -2.45. The molecule has 0 bridgehead atoms. The molecule has 0 aliphatic carbocycles. The van der Waals surface area contributed by atoms with Gasteiger partial charge in [-0.3, -0.25) is 0 Å². The van der Waals surface area contributed by atoms with Crippen LogP contribution in [-0.4, -0.2) is 84.7 Å². The lowest BCUT2D eigenvalue weighted by atomic mass is 9.86. The van der Waals surface area contributed by atoms with Crippen LogP contribution in [0.5, 0.6) is 28.7 Å². The first-order valence-corrected chi connectivity index (χ1v) is 10.5. The number of carbonyl (C=O) groups is 2. The molecule has 0 aromatic heterocycles. The third kappa shape index (κ3) is 4.16. The van der Waals surface area contributed by atoms with Gasteiger partial charge in [0.2, 0.25) is 5.75 Å². The van der Waals surface area contributed by atoms with Gasteiger partial charge in [-0.2, -0.15) is 0 Å². The molecule has 2 heterocycles. The zero-order chi connectivity index (χ0) is 25.4. The number of aliphatic hydroxyl groups excluding tert-OH is 2. The lowest BCUT2D eigenvalue weighted by molar-refractivity contribution is -0.235. The van der Waals surface area contributed by atoms with Gasteiger partial charge >= 0.3 is 11.9 Å². The van der Waals surface area contributed by atoms with Crippen LogP contribution in [-0.2, 0) is 14.2 Å². The zero-order valence-corrected chi connectivity index (χ0v) is 19.0. The number of phenolic OH excluding ortho intramolecular Hbond substituents is 2. The fourth-order valence-corrected chi connectivity index (χ4v) is 4.15. The van der Waals surface area contributed by atoms with Gasteiger partial charge in [-0.05, 0) is 24.3 Å². The second-order valence-corrected chi connectivity index (χ2v) is 7.85. The average molecular weight is 492 g/mol. The van der Waals surface area contributed by atoms with E-state index >= 15 is 0 Å². The molecule has 1 saturated heterocycles. The minimum absolute atomic E-state index is 0.0552. The van der Waals surface area contributed by atoms with E-state index in [1.807, 2.05) is 0 Å². The summed E-state index contributed by atoms with van der Waals surface area (Å²) in [6.07, 6.45) is -6.75. The Morgan fingerprint density at radius 2 is 1.69 bits per heavy atom. The van der Waals surface area contributed by atoms with Crippen molar-refractivity contribution in [3.8, 4) is 28.7 Å². The molecular formula is C23H24O12. The normalized spacial score (nSPS) is 25.1. The molecular weight excluding hydrogens is 468 g/mol. The molecule has 2 aliphatic rings. The van der Waals surface area contributed by atoms with Gasteiger partial charge in [0, 0.05) is 5.56 Å². The molecule has 188 valence electrons. The number of ether oxygens (including phenoxy) is 6. The largest absolute Gasteiger partial charge is 0.504 e. The Kier molecular flexibility index (Phi) is 6.61. The van der Waals surface area contributed by atoms with Gasteiger partial charge in [0.15, 0.2) is 29.1 Å². The molecule has 12 nitrogen and oxygen atoms in total. The van der Waals surface area contributed by atoms with Crippen LogP contribution in [0.15, 0.2) is 24.3 Å². The summed E-state index contributed by atoms with van der Waals surface area (Å²) >= 11 is 0. The Bertz CT molecular complexity index is 1150. The average Bonchev–Trinajstić information content (AvgIpc) is 2.86. The Labute approximate surface area is 199 Å². The number of hydrogen-bond donors (Lipinski definition) is 4. The van der Waals surface area contributed by atoms with Crippen molar-refractivity contribution in [3.63, 3.8) is 0 Å². The number of benzene rings is 2. The standard InChI is InChI=1S/C23H24O12/c1-30-13-7-10-15(19(32-3)18(13)31-2)20-21(35-23(10)29)17(27)16(26)14(34-20)8-33-22(28)9-4-5-11(24)12(25)6-9/h4-7,14,16-17,20-21,24-27H,8H2,1-3H3/t14-,16-,17+,20+,21-/m1/s1. The van der Waals surface area contributed by atoms with Gasteiger partial charge in [0.05, 0.1) is 32.5 Å². The maximum Gasteiger partial charge on any atom is 0.339 e. The van der Waals surface area contributed by atoms with Crippen molar-refractivity contribution in [1.82, 2.24) is 0 Å². The molecule has 2 aromatic carbocycles. The Balaban J connectivity index is 1.64. The van der Waals surface area contributed by atoms with E-state index in [0.29, 0.717) is 0 Å². The molecule has 1 fully saturated rings. The van der Waals surface area contributed by atoms with E-state index in [9.17, 15) is 30.0 Å². The van der Waals surface area contributed by atoms with Gasteiger partial charge in [-0.25, -0.2) is 9.59 Å². The molecule has 2 aliphatic heterocycles. The third-order valence-electron chi connectivity index (χ3n) is 5.89. The number of aromatic hydroxyl groups is 2. The Morgan fingerprint density at radius 3 is 2.31 bits per heavy atom. The summed E-state index contributed by atoms with van der Waals surface area (Å²) in [5.41, 5.74) is 0.219. The third-order valence-corrected chi connectivity index (χ3v) is 5.89. The van der Waals surface area contributed by atoms with E-state index < -0.39 is 60.6 Å². The number of aliphatic hydroxyl groups is 2. The first-order valence-electron chi connectivity index (χ1n) is 10.5. The monoisotopic (exact) mass is 492 g/mol. The number of methoxy groups -OCH3 is 3. The van der Waals surface area contributed by atoms with E-state index in [2.05, 4.69) is 0 Å². The Morgan fingerprint density at radius 1 is 0.971 bits per heavy atom. The maximum atomic E-state index is 12.7. The van der Waals surface area contributed by atoms with Crippen LogP contribution in [0.3, 0.4) is 0 Å². The van der Waals surface area contributed by atoms with Crippen molar-refractivity contribution in [1.29, 1.82) is 0 Å². The fraction of sp³-hybridized carbons (Fsp3) is 0.391. The molecule has 4 N–H and O–H groups in total. The predicted octanol–water partition coefficient (Wildman–Crippen LogP) is 0.681. The van der Waals surface area contributed by atoms with Crippen LogP contribution < -0.4 is 14.2 Å². The molecule has 0 radical (unpaired) electrons. The van der Waals surface area contributed by atoms with E-state index in [1.165, 1.54) is 33.5 Å². The highest BCUT2D eigenvalue weighted by Gasteiger charge is 2.52. The lowest BCUT2D eigenvalue weighted by Crippen LogP contribution is -2.58. The van der Waals surface area contributed by atoms with Crippen LogP contribution >= 0.6 is 0 Å². The minimum Gasteiger partial charge on any atom is -0.504 e. The topological polar surface area (TPSA) is 170 Å². The number of phenols is 2. The summed E-state index contributed by atoms with van der Waals surface area (Å²) in [5.74, 6) is -2.07. The summed E-state index contributed by atoms with van der Waals surface area (Å²) < 4.78 is 32.7. The summed E-state index contributed by atoms with van der Waals surface area (Å²) in [5, 5.41) is 40.3. The van der Waals surface area contributed by atoms with Gasteiger partial charge < -0.3 is 48.8 Å². The zero-order valence-electron chi connectivity index (χ0n) is 19.0. The molecule has 0 saturated carbocycles. The van der Waals surface area contributed by atoms with E-state index in [4.69, 9.17) is 28.4 Å². The van der Waals surface area contributed by atoms with Crippen LogP contribution in [0.2, 0.25) is 0 Å². The molecule has 0 unspecified atom stereocenters. The number of esters is 2. The quantitative estimate of drug-likeness (QED) is 0.329. The second-order valence-electron chi connectivity index (χ2n) is 7.85. The van der Waals surface area contributed by atoms with Gasteiger partial charge in [0.25, 0.3) is 0 Å². The van der Waals surface area contributed by atoms with Crippen molar-refractivity contribution in [2.45, 2.75) is 30.5 Å². The highest BCUT2D eigenvalue weighted by molar-refractivity contribution is 5.95. The number of carbonyl (C=O) groups excluding carboxylic acids is 2. The second kappa shape index (κ2) is 9.49. The fourth-order valence-electron chi connectivity index (χ4n) is 4.15. The van der Waals surface area contributed by atoms with Gasteiger partial charge in [-0.15, -0.1) is 0 Å². The van der Waals surface area contributed by atoms with Crippen molar-refractivity contribution < 1.29 is 58.4 Å². The predicted molar refractivity (Wildman–Crippen MR) is 115 cm³/mol. The molecule has 2 aromatic rings. The van der Waals surface area contributed by atoms with E-state index in [0.717, 1.165) is 12.1 Å². The van der Waals surface area contributed by atoms with Crippen molar-refractivity contribution in [2.24, 2.45) is 0 Å². The highest BCUT2D eigenvalue weighted by atomic mass is 16.6. The minimum atomic E-state index is -1.58. The summed E-state index contributed by atoms with van der Waals surface area (Å²) in [7, 11) is 4.12. The van der Waals surface area contributed by atoms with Gasteiger partial charge in [0.1, 0.15) is 31.0 Å². The molecule has 5 atom stereocenters. The maximum absolute atomic E-state index is 12.7. The van der Waals surface area contributed by atoms with Crippen molar-refractivity contribution in [3.05, 3.63) is 41.0 Å². The van der Waals surface area contributed by atoms with Crippen LogP contribution in [0.25, 0.3) is 0 Å². The Hall–Kier alpha value is -3.74. The van der Waals surface area contributed by atoms with E-state index in [-0.39, 0.29) is 33.9 Å². The van der Waals surface area contributed by atoms with Gasteiger partial charge in [-0.1, -0.05) is 0 Å². The van der Waals surface area contributed by atoms with Crippen LogP contribution in [0, 0.1) is 0 Å². The molecule has 35 heavy (non-hydrogen) atoms. The first kappa shape index (κ1) is 24.4. The SMILES string of the molecule is COc1cc2c(c(OC)c1OC)[C@@H]1O[C@H](COC(=O)c3ccc(O)c(O)c3)[C@@H](O)[C@H](O)[C@H]1OC2=O. The van der Waals surface area contributed by atoms with E-state index in [1.54, 1.807) is 0 Å². The number of rotatable bonds is 6. The molecule has 4 rings (SSSR count). The summed E-state index contributed by atoms with van der Waals surface area (Å²) in [6, 6.07) is 4.76. The van der Waals surface area contributed by atoms with Crippen LogP contribution in [0.1, 0.15) is 32.4 Å².